The van der Waals surface area contributed by atoms with E-state index in [1.54, 1.807) is 7.11 Å². The van der Waals surface area contributed by atoms with Gasteiger partial charge in [-0.05, 0) is 51.3 Å². The van der Waals surface area contributed by atoms with Gasteiger partial charge in [0, 0.05) is 57.1 Å². The van der Waals surface area contributed by atoms with Crippen molar-refractivity contribution in [1.29, 1.82) is 0 Å². The van der Waals surface area contributed by atoms with Gasteiger partial charge in [-0.1, -0.05) is 12.1 Å². The van der Waals surface area contributed by atoms with Crippen LogP contribution in [-0.4, -0.2) is 82.6 Å². The first-order valence-corrected chi connectivity index (χ1v) is 11.4. The van der Waals surface area contributed by atoms with Gasteiger partial charge in [0.15, 0.2) is 0 Å². The van der Waals surface area contributed by atoms with Gasteiger partial charge in [-0.2, -0.15) is 5.10 Å². The van der Waals surface area contributed by atoms with E-state index in [0.717, 1.165) is 69.5 Å². The van der Waals surface area contributed by atoms with Crippen LogP contribution in [0, 0.1) is 5.92 Å². The van der Waals surface area contributed by atoms with Crippen LogP contribution in [0.3, 0.4) is 0 Å². The number of methoxy groups -OCH3 is 1. The van der Waals surface area contributed by atoms with E-state index in [-0.39, 0.29) is 5.91 Å². The zero-order valence-electron chi connectivity index (χ0n) is 19.8. The summed E-state index contributed by atoms with van der Waals surface area (Å²) in [5.74, 6) is -1.97. The minimum atomic E-state index is -1.26. The number of piperidine rings is 1. The molecule has 0 atom stereocenters. The summed E-state index contributed by atoms with van der Waals surface area (Å²) in [5, 5.41) is 24.3. The topological polar surface area (TPSA) is 134 Å². The van der Waals surface area contributed by atoms with E-state index in [0.29, 0.717) is 23.6 Å². The Balaban J connectivity index is 0.000000440. The Morgan fingerprint density at radius 3 is 2.44 bits per heavy atom. The number of carboxylic acid groups (broad SMARTS) is 2. The lowest BCUT2D eigenvalue weighted by Gasteiger charge is -2.31. The standard InChI is InChI=1S/C20H30N4O2.C4H4O4/c1-3-24-15-17-6-4-7-18(19(17)22-24)20(25)21-14-16-8-11-23(12-9-16)10-5-13-26-2;5-3(6)1-2-4(7)8/h4,6-7,15-16H,3,5,8-14H2,1-2H3,(H,21,25);1-2H,(H,5,6)(H,7,8)/b;2-1+. The third-order valence-electron chi connectivity index (χ3n) is 5.60. The summed E-state index contributed by atoms with van der Waals surface area (Å²) < 4.78 is 7.00. The molecule has 1 aliphatic rings. The summed E-state index contributed by atoms with van der Waals surface area (Å²) in [5.41, 5.74) is 1.46. The summed E-state index contributed by atoms with van der Waals surface area (Å²) in [6.07, 6.45) is 6.48. The molecule has 0 spiro atoms. The number of ether oxygens (including phenoxy) is 1. The van der Waals surface area contributed by atoms with Crippen molar-refractivity contribution in [2.24, 2.45) is 5.92 Å². The number of aromatic nitrogens is 2. The minimum absolute atomic E-state index is 0.0144. The third-order valence-corrected chi connectivity index (χ3v) is 5.60. The molecule has 1 aromatic heterocycles. The molecular weight excluding hydrogens is 440 g/mol. The zero-order valence-corrected chi connectivity index (χ0v) is 19.8. The monoisotopic (exact) mass is 474 g/mol. The molecule has 0 unspecified atom stereocenters. The van der Waals surface area contributed by atoms with Crippen molar-refractivity contribution in [2.45, 2.75) is 32.7 Å². The molecule has 0 bridgehead atoms. The van der Waals surface area contributed by atoms with Crippen molar-refractivity contribution in [2.75, 3.05) is 39.9 Å². The summed E-state index contributed by atoms with van der Waals surface area (Å²) in [6, 6.07) is 5.80. The van der Waals surface area contributed by atoms with Gasteiger partial charge < -0.3 is 25.2 Å². The Kier molecular flexibility index (Phi) is 11.2. The van der Waals surface area contributed by atoms with Gasteiger partial charge in [0.1, 0.15) is 5.52 Å². The predicted molar refractivity (Wildman–Crippen MR) is 128 cm³/mol. The van der Waals surface area contributed by atoms with Crippen molar-refractivity contribution in [3.63, 3.8) is 0 Å². The average molecular weight is 475 g/mol. The first-order valence-electron chi connectivity index (χ1n) is 11.4. The SMILES string of the molecule is CCn1cc2cccc(C(=O)NCC3CCN(CCCOC)CC3)c2n1.O=C(O)/C=C/C(=O)O. The Hall–Kier alpha value is -3.24. The van der Waals surface area contributed by atoms with Crippen LogP contribution in [0.2, 0.25) is 0 Å². The number of amides is 1. The van der Waals surface area contributed by atoms with Crippen LogP contribution < -0.4 is 5.32 Å². The van der Waals surface area contributed by atoms with Gasteiger partial charge in [-0.15, -0.1) is 0 Å². The summed E-state index contributed by atoms with van der Waals surface area (Å²) in [4.78, 5) is 34.3. The molecular formula is C24H34N4O6. The van der Waals surface area contributed by atoms with Gasteiger partial charge in [-0.3, -0.25) is 9.48 Å². The Bertz CT molecular complexity index is 963. The van der Waals surface area contributed by atoms with Gasteiger partial charge in [0.25, 0.3) is 5.91 Å². The van der Waals surface area contributed by atoms with Crippen molar-refractivity contribution >= 4 is 28.7 Å². The number of likely N-dealkylation sites (tertiary alicyclic amines) is 1. The van der Waals surface area contributed by atoms with Gasteiger partial charge in [0.2, 0.25) is 0 Å². The number of hydrogen-bond donors (Lipinski definition) is 3. The molecule has 1 amide bonds. The number of carboxylic acids is 2. The fourth-order valence-electron chi connectivity index (χ4n) is 3.76. The molecule has 10 nitrogen and oxygen atoms in total. The summed E-state index contributed by atoms with van der Waals surface area (Å²) in [7, 11) is 1.75. The van der Waals surface area contributed by atoms with E-state index < -0.39 is 11.9 Å². The number of rotatable bonds is 10. The average Bonchev–Trinajstić information content (AvgIpc) is 3.26. The highest BCUT2D eigenvalue weighted by Crippen LogP contribution is 2.19. The molecule has 2 aromatic rings. The van der Waals surface area contributed by atoms with E-state index in [9.17, 15) is 14.4 Å². The second kappa shape index (κ2) is 14.1. The lowest BCUT2D eigenvalue weighted by molar-refractivity contribution is -0.134. The molecule has 10 heteroatoms. The normalized spacial score (nSPS) is 14.6. The molecule has 0 aliphatic carbocycles. The van der Waals surface area contributed by atoms with Crippen molar-refractivity contribution in [1.82, 2.24) is 20.0 Å². The lowest BCUT2D eigenvalue weighted by Crippen LogP contribution is -2.39. The van der Waals surface area contributed by atoms with Crippen LogP contribution in [0.15, 0.2) is 36.5 Å². The smallest absolute Gasteiger partial charge is 0.328 e. The Morgan fingerprint density at radius 2 is 1.85 bits per heavy atom. The third kappa shape index (κ3) is 8.95. The quantitative estimate of drug-likeness (QED) is 0.353. The maximum absolute atomic E-state index is 12.7. The molecule has 1 aliphatic heterocycles. The molecule has 1 fully saturated rings. The van der Waals surface area contributed by atoms with Gasteiger partial charge in [-0.25, -0.2) is 9.59 Å². The van der Waals surface area contributed by atoms with Crippen molar-refractivity contribution in [3.8, 4) is 0 Å². The highest BCUT2D eigenvalue weighted by atomic mass is 16.5. The number of carbonyl (C=O) groups excluding carboxylic acids is 1. The van der Waals surface area contributed by atoms with Crippen LogP contribution in [-0.2, 0) is 20.9 Å². The molecule has 2 heterocycles. The van der Waals surface area contributed by atoms with Crippen molar-refractivity contribution in [3.05, 3.63) is 42.1 Å². The largest absolute Gasteiger partial charge is 0.478 e. The molecule has 0 radical (unpaired) electrons. The maximum Gasteiger partial charge on any atom is 0.328 e. The van der Waals surface area contributed by atoms with Crippen LogP contribution in [0.1, 0.15) is 36.5 Å². The maximum atomic E-state index is 12.7. The fraction of sp³-hybridized carbons (Fsp3) is 0.500. The molecule has 1 aromatic carbocycles. The molecule has 186 valence electrons. The number of fused-ring (bicyclic) bond motifs is 1. The Morgan fingerprint density at radius 1 is 1.18 bits per heavy atom. The van der Waals surface area contributed by atoms with Crippen LogP contribution in [0.4, 0.5) is 0 Å². The van der Waals surface area contributed by atoms with E-state index >= 15 is 0 Å². The molecule has 1 saturated heterocycles. The van der Waals surface area contributed by atoms with Crippen LogP contribution in [0.5, 0.6) is 0 Å². The number of carbonyl (C=O) groups is 3. The highest BCUT2D eigenvalue weighted by molar-refractivity contribution is 6.05. The van der Waals surface area contributed by atoms with E-state index in [1.807, 2.05) is 36.0 Å². The predicted octanol–water partition coefficient (Wildman–Crippen LogP) is 2.25. The van der Waals surface area contributed by atoms with Gasteiger partial charge >= 0.3 is 11.9 Å². The number of nitrogens with zero attached hydrogens (tertiary/aromatic N) is 3. The molecule has 3 N–H and O–H groups in total. The second-order valence-corrected chi connectivity index (χ2v) is 8.08. The second-order valence-electron chi connectivity index (χ2n) is 8.08. The molecule has 34 heavy (non-hydrogen) atoms. The number of aliphatic carboxylic acids is 2. The van der Waals surface area contributed by atoms with E-state index in [1.165, 1.54) is 0 Å². The fourth-order valence-corrected chi connectivity index (χ4v) is 3.76. The van der Waals surface area contributed by atoms with E-state index in [2.05, 4.69) is 15.3 Å². The summed E-state index contributed by atoms with van der Waals surface area (Å²) in [6.45, 7) is 7.76. The van der Waals surface area contributed by atoms with E-state index in [4.69, 9.17) is 14.9 Å². The zero-order chi connectivity index (χ0) is 24.9. The number of aryl methyl sites for hydroxylation is 1. The molecule has 3 rings (SSSR count). The highest BCUT2D eigenvalue weighted by Gasteiger charge is 2.20. The molecule has 0 saturated carbocycles. The van der Waals surface area contributed by atoms with Crippen LogP contribution >= 0.6 is 0 Å². The first-order chi connectivity index (χ1) is 16.3. The lowest BCUT2D eigenvalue weighted by atomic mass is 9.96. The van der Waals surface area contributed by atoms with Crippen LogP contribution in [0.25, 0.3) is 10.9 Å². The first kappa shape index (κ1) is 27.0. The Labute approximate surface area is 199 Å². The number of nitrogens with one attached hydrogen (secondary N) is 1. The van der Waals surface area contributed by atoms with Crippen molar-refractivity contribution < 1.29 is 29.3 Å². The summed E-state index contributed by atoms with van der Waals surface area (Å²) >= 11 is 0. The number of hydrogen-bond acceptors (Lipinski definition) is 6. The number of benzene rings is 1. The van der Waals surface area contributed by atoms with Gasteiger partial charge in [0.05, 0.1) is 5.56 Å². The minimum Gasteiger partial charge on any atom is -0.478 e.